The molecular formula is C27H26N2. The smallest absolute Gasteiger partial charge is 0.0857 e. The van der Waals surface area contributed by atoms with Crippen LogP contribution in [-0.2, 0) is 0 Å². The van der Waals surface area contributed by atoms with Crippen molar-refractivity contribution in [2.45, 2.75) is 13.8 Å². The van der Waals surface area contributed by atoms with Crippen LogP contribution in [0.25, 0.3) is 11.1 Å². The standard InChI is InChI=1S/C14H14.C13H12N2/c1-11-3-7-13(8-4-11)14-9-5-12(2)6-10-14;1-14-12-9-5-6-10-13(12)15-11-7-3-2-4-8-11/h3-10H,1-2H3;2-10,15H,1H2. The molecule has 2 nitrogen and oxygen atoms in total. The summed E-state index contributed by atoms with van der Waals surface area (Å²) >= 11 is 0. The minimum absolute atomic E-state index is 0.862. The highest BCUT2D eigenvalue weighted by Gasteiger charge is 1.98. The molecule has 4 rings (SSSR count). The Kier molecular flexibility index (Phi) is 6.96. The lowest BCUT2D eigenvalue weighted by molar-refractivity contribution is 1.45. The fourth-order valence-electron chi connectivity index (χ4n) is 2.89. The lowest BCUT2D eigenvalue weighted by Gasteiger charge is -2.08. The van der Waals surface area contributed by atoms with E-state index in [1.54, 1.807) is 0 Å². The first-order valence-corrected chi connectivity index (χ1v) is 9.67. The maximum atomic E-state index is 3.95. The number of hydrogen-bond donors (Lipinski definition) is 1. The van der Waals surface area contributed by atoms with E-state index in [2.05, 4.69) is 79.4 Å². The summed E-state index contributed by atoms with van der Waals surface area (Å²) in [4.78, 5) is 3.95. The predicted molar refractivity (Wildman–Crippen MR) is 127 cm³/mol. The van der Waals surface area contributed by atoms with Gasteiger partial charge in [-0.25, -0.2) is 0 Å². The SMILES string of the molecule is C=Nc1ccccc1Nc1ccccc1.Cc1ccc(-c2ccc(C)cc2)cc1. The van der Waals surface area contributed by atoms with Gasteiger partial charge in [0.2, 0.25) is 0 Å². The zero-order valence-electron chi connectivity index (χ0n) is 17.0. The lowest BCUT2D eigenvalue weighted by Crippen LogP contribution is -1.89. The molecule has 0 fully saturated rings. The fraction of sp³-hybridized carbons (Fsp3) is 0.0741. The Bertz CT molecular complexity index is 990. The van der Waals surface area contributed by atoms with Gasteiger partial charge in [-0.2, -0.15) is 0 Å². The van der Waals surface area contributed by atoms with Crippen LogP contribution in [0.4, 0.5) is 17.1 Å². The van der Waals surface area contributed by atoms with E-state index in [1.165, 1.54) is 22.3 Å². The maximum absolute atomic E-state index is 3.95. The zero-order chi connectivity index (χ0) is 20.5. The van der Waals surface area contributed by atoms with Gasteiger partial charge < -0.3 is 5.32 Å². The van der Waals surface area contributed by atoms with Gasteiger partial charge in [-0.15, -0.1) is 0 Å². The molecule has 0 saturated heterocycles. The molecule has 0 saturated carbocycles. The third kappa shape index (κ3) is 5.91. The molecule has 29 heavy (non-hydrogen) atoms. The van der Waals surface area contributed by atoms with Crippen molar-refractivity contribution in [3.05, 3.63) is 114 Å². The Labute approximate surface area is 173 Å². The molecule has 0 spiro atoms. The fourth-order valence-corrected chi connectivity index (χ4v) is 2.89. The molecule has 0 bridgehead atoms. The largest absolute Gasteiger partial charge is 0.354 e. The molecule has 0 aliphatic carbocycles. The Balaban J connectivity index is 0.000000166. The second-order valence-corrected chi connectivity index (χ2v) is 6.90. The van der Waals surface area contributed by atoms with Crippen molar-refractivity contribution in [1.82, 2.24) is 0 Å². The van der Waals surface area contributed by atoms with Gasteiger partial charge in [-0.1, -0.05) is 90.0 Å². The number of nitrogens with zero attached hydrogens (tertiary/aromatic N) is 1. The zero-order valence-corrected chi connectivity index (χ0v) is 17.0. The molecule has 4 aromatic rings. The van der Waals surface area contributed by atoms with Crippen molar-refractivity contribution >= 4 is 23.8 Å². The third-order valence-corrected chi connectivity index (χ3v) is 4.56. The van der Waals surface area contributed by atoms with Crippen LogP contribution in [0.1, 0.15) is 11.1 Å². The van der Waals surface area contributed by atoms with Gasteiger partial charge in [-0.3, -0.25) is 4.99 Å². The summed E-state index contributed by atoms with van der Waals surface area (Å²) in [6.07, 6.45) is 0. The third-order valence-electron chi connectivity index (χ3n) is 4.56. The molecule has 0 unspecified atom stereocenters. The van der Waals surface area contributed by atoms with Gasteiger partial charge in [0.1, 0.15) is 0 Å². The van der Waals surface area contributed by atoms with E-state index in [-0.39, 0.29) is 0 Å². The average molecular weight is 379 g/mol. The van der Waals surface area contributed by atoms with Crippen molar-refractivity contribution < 1.29 is 0 Å². The number of hydrogen-bond acceptors (Lipinski definition) is 2. The highest BCUT2D eigenvalue weighted by atomic mass is 14.9. The van der Waals surface area contributed by atoms with Gasteiger partial charge in [0.15, 0.2) is 0 Å². The topological polar surface area (TPSA) is 24.4 Å². The molecule has 0 aliphatic rings. The summed E-state index contributed by atoms with van der Waals surface area (Å²) in [6, 6.07) is 35.1. The number of anilines is 2. The van der Waals surface area contributed by atoms with Crippen LogP contribution >= 0.6 is 0 Å². The maximum Gasteiger partial charge on any atom is 0.0857 e. The monoisotopic (exact) mass is 378 g/mol. The Hall–Kier alpha value is -3.65. The van der Waals surface area contributed by atoms with E-state index in [0.717, 1.165) is 17.1 Å². The first-order valence-electron chi connectivity index (χ1n) is 9.67. The Morgan fingerprint density at radius 1 is 0.586 bits per heavy atom. The molecule has 0 amide bonds. The van der Waals surface area contributed by atoms with E-state index >= 15 is 0 Å². The van der Waals surface area contributed by atoms with Crippen molar-refractivity contribution in [2.24, 2.45) is 4.99 Å². The molecule has 0 aliphatic heterocycles. The van der Waals surface area contributed by atoms with Crippen LogP contribution in [0.2, 0.25) is 0 Å². The number of aliphatic imine (C=N–C) groups is 1. The summed E-state index contributed by atoms with van der Waals surface area (Å²) in [7, 11) is 0. The molecule has 1 N–H and O–H groups in total. The van der Waals surface area contributed by atoms with Crippen molar-refractivity contribution in [1.29, 1.82) is 0 Å². The van der Waals surface area contributed by atoms with E-state index in [9.17, 15) is 0 Å². The van der Waals surface area contributed by atoms with E-state index in [0.29, 0.717) is 0 Å². The second kappa shape index (κ2) is 10.0. The van der Waals surface area contributed by atoms with Gasteiger partial charge >= 0.3 is 0 Å². The normalized spacial score (nSPS) is 9.86. The van der Waals surface area contributed by atoms with Crippen molar-refractivity contribution in [3.63, 3.8) is 0 Å². The molecule has 144 valence electrons. The summed E-state index contributed by atoms with van der Waals surface area (Å²) in [5, 5.41) is 3.29. The first-order chi connectivity index (χ1) is 14.2. The van der Waals surface area contributed by atoms with E-state index < -0.39 is 0 Å². The average Bonchev–Trinajstić information content (AvgIpc) is 2.77. The molecule has 0 radical (unpaired) electrons. The molecule has 0 atom stereocenters. The van der Waals surface area contributed by atoms with E-state index in [1.807, 2.05) is 54.6 Å². The minimum atomic E-state index is 0.862. The Morgan fingerprint density at radius 2 is 1.07 bits per heavy atom. The highest BCUT2D eigenvalue weighted by molar-refractivity contribution is 5.73. The van der Waals surface area contributed by atoms with Crippen LogP contribution in [0.3, 0.4) is 0 Å². The van der Waals surface area contributed by atoms with Crippen LogP contribution < -0.4 is 5.32 Å². The number of aryl methyl sites for hydroxylation is 2. The van der Waals surface area contributed by atoms with Crippen LogP contribution in [-0.4, -0.2) is 6.72 Å². The second-order valence-electron chi connectivity index (χ2n) is 6.90. The summed E-state index contributed by atoms with van der Waals surface area (Å²) < 4.78 is 0. The van der Waals surface area contributed by atoms with Gasteiger partial charge in [0, 0.05) is 5.69 Å². The van der Waals surface area contributed by atoms with Crippen molar-refractivity contribution in [3.8, 4) is 11.1 Å². The first kappa shape index (κ1) is 20.1. The predicted octanol–water partition coefficient (Wildman–Crippen LogP) is 7.73. The molecule has 4 aromatic carbocycles. The van der Waals surface area contributed by atoms with Crippen LogP contribution in [0.15, 0.2) is 108 Å². The van der Waals surface area contributed by atoms with Gasteiger partial charge in [-0.05, 0) is 56.0 Å². The number of benzene rings is 4. The molecular weight excluding hydrogens is 352 g/mol. The van der Waals surface area contributed by atoms with E-state index in [4.69, 9.17) is 0 Å². The number of para-hydroxylation sites is 3. The van der Waals surface area contributed by atoms with Crippen LogP contribution in [0, 0.1) is 13.8 Å². The van der Waals surface area contributed by atoms with Gasteiger partial charge in [0.25, 0.3) is 0 Å². The molecule has 0 heterocycles. The summed E-state index contributed by atoms with van der Waals surface area (Å²) in [5.74, 6) is 0. The number of nitrogens with one attached hydrogen (secondary N) is 1. The van der Waals surface area contributed by atoms with Crippen LogP contribution in [0.5, 0.6) is 0 Å². The van der Waals surface area contributed by atoms with Gasteiger partial charge in [0.05, 0.1) is 11.4 Å². The summed E-state index contributed by atoms with van der Waals surface area (Å²) in [5.41, 5.74) is 8.07. The lowest BCUT2D eigenvalue weighted by atomic mass is 10.0. The summed E-state index contributed by atoms with van der Waals surface area (Å²) in [6.45, 7) is 7.76. The van der Waals surface area contributed by atoms with Crippen molar-refractivity contribution in [2.75, 3.05) is 5.32 Å². The quantitative estimate of drug-likeness (QED) is 0.361. The molecule has 0 aromatic heterocycles. The number of rotatable bonds is 4. The highest BCUT2D eigenvalue weighted by Crippen LogP contribution is 2.26. The Morgan fingerprint density at radius 3 is 1.59 bits per heavy atom. The molecule has 2 heteroatoms. The minimum Gasteiger partial charge on any atom is -0.354 e.